The van der Waals surface area contributed by atoms with Crippen molar-refractivity contribution in [2.45, 2.75) is 36.7 Å². The third-order valence-corrected chi connectivity index (χ3v) is 6.15. The smallest absolute Gasteiger partial charge is 0.274 e. The highest BCUT2D eigenvalue weighted by atomic mass is 35.5. The molecule has 9 heteroatoms. The monoisotopic (exact) mass is 478 g/mol. The van der Waals surface area contributed by atoms with Crippen LogP contribution in [0.2, 0.25) is 5.02 Å². The second-order valence-electron chi connectivity index (χ2n) is 7.49. The van der Waals surface area contributed by atoms with E-state index in [0.717, 1.165) is 18.5 Å². The van der Waals surface area contributed by atoms with E-state index in [1.807, 2.05) is 37.3 Å². The topological polar surface area (TPSA) is 85.6 Å². The Morgan fingerprint density at radius 3 is 2.52 bits per heavy atom. The lowest BCUT2D eigenvalue weighted by Crippen LogP contribution is -2.33. The molecule has 1 atom stereocenters. The number of carbonyl (C=O) groups is 1. The van der Waals surface area contributed by atoms with Crippen molar-refractivity contribution in [3.8, 4) is 5.69 Å². The molecule has 0 aliphatic rings. The summed E-state index contributed by atoms with van der Waals surface area (Å²) in [6.07, 6.45) is 5.08. The van der Waals surface area contributed by atoms with Crippen molar-refractivity contribution in [1.82, 2.24) is 30.3 Å². The average molecular weight is 479 g/mol. The van der Waals surface area contributed by atoms with Crippen LogP contribution in [0.3, 0.4) is 0 Å². The normalized spacial score (nSPS) is 11.8. The summed E-state index contributed by atoms with van der Waals surface area (Å²) in [6, 6.07) is 19.2. The van der Waals surface area contributed by atoms with E-state index < -0.39 is 0 Å². The molecule has 0 radical (unpaired) electrons. The first-order valence-electron chi connectivity index (χ1n) is 10.6. The number of rotatable bonds is 9. The number of aromatic nitrogens is 5. The van der Waals surface area contributed by atoms with Gasteiger partial charge in [-0.25, -0.2) is 14.6 Å². The molecule has 1 N–H and O–H groups in total. The zero-order chi connectivity index (χ0) is 23.0. The second kappa shape index (κ2) is 11.1. The summed E-state index contributed by atoms with van der Waals surface area (Å²) < 4.78 is 1.66. The van der Waals surface area contributed by atoms with E-state index in [9.17, 15) is 4.79 Å². The van der Waals surface area contributed by atoms with Gasteiger partial charge in [-0.3, -0.25) is 4.79 Å². The first-order valence-corrected chi connectivity index (χ1v) is 11.9. The van der Waals surface area contributed by atoms with Crippen molar-refractivity contribution < 1.29 is 4.79 Å². The lowest BCUT2D eigenvalue weighted by Gasteiger charge is -2.14. The fourth-order valence-corrected chi connectivity index (χ4v) is 4.20. The molecule has 0 fully saturated rings. The fraction of sp³-hybridized carbons (Fsp3) is 0.208. The van der Waals surface area contributed by atoms with Crippen LogP contribution in [0, 0.1) is 0 Å². The number of nitrogens with zero attached hydrogens (tertiary/aromatic N) is 5. The van der Waals surface area contributed by atoms with Crippen LogP contribution in [0.4, 0.5) is 0 Å². The average Bonchev–Trinajstić information content (AvgIpc) is 3.27. The summed E-state index contributed by atoms with van der Waals surface area (Å²) in [5.74, 6) is 0.182. The highest BCUT2D eigenvalue weighted by Crippen LogP contribution is 2.23. The van der Waals surface area contributed by atoms with Gasteiger partial charge >= 0.3 is 0 Å². The summed E-state index contributed by atoms with van der Waals surface area (Å²) in [4.78, 5) is 21.6. The largest absolute Gasteiger partial charge is 0.348 e. The molecule has 0 bridgehead atoms. The minimum absolute atomic E-state index is 0.0173. The van der Waals surface area contributed by atoms with Gasteiger partial charge in [0.2, 0.25) is 0 Å². The van der Waals surface area contributed by atoms with Crippen LogP contribution in [0.25, 0.3) is 5.69 Å². The third kappa shape index (κ3) is 6.18. The maximum absolute atomic E-state index is 13.1. The molecule has 0 aliphatic heterocycles. The first-order chi connectivity index (χ1) is 16.1. The number of thioether (sulfide) groups is 1. The molecule has 2 heterocycles. The van der Waals surface area contributed by atoms with Gasteiger partial charge in [-0.1, -0.05) is 58.9 Å². The molecule has 2 aromatic carbocycles. The van der Waals surface area contributed by atoms with Gasteiger partial charge in [0.1, 0.15) is 0 Å². The zero-order valence-corrected chi connectivity index (χ0v) is 19.6. The molecule has 1 unspecified atom stereocenters. The Kier molecular flexibility index (Phi) is 7.70. The number of carbonyl (C=O) groups excluding carboxylic acids is 1. The molecule has 0 aliphatic carbocycles. The lowest BCUT2D eigenvalue weighted by atomic mass is 10.1. The van der Waals surface area contributed by atoms with Gasteiger partial charge in [0, 0.05) is 29.2 Å². The van der Waals surface area contributed by atoms with Crippen molar-refractivity contribution in [1.29, 1.82) is 0 Å². The molecule has 0 saturated heterocycles. The fourth-order valence-electron chi connectivity index (χ4n) is 3.28. The Labute approximate surface area is 201 Å². The van der Waals surface area contributed by atoms with Gasteiger partial charge < -0.3 is 5.32 Å². The molecule has 168 valence electrons. The lowest BCUT2D eigenvalue weighted by molar-refractivity contribution is 0.0932. The Balaban J connectivity index is 1.51. The second-order valence-corrected chi connectivity index (χ2v) is 8.87. The van der Waals surface area contributed by atoms with Gasteiger partial charge in [-0.15, -0.1) is 5.10 Å². The summed E-state index contributed by atoms with van der Waals surface area (Å²) >= 11 is 7.46. The van der Waals surface area contributed by atoms with E-state index in [4.69, 9.17) is 11.6 Å². The SMILES string of the molecule is CC(CCc1ccccc1)NC(=O)c1nnn(-c2ccc(Cl)cc2)c1CSc1ncccn1. The van der Waals surface area contributed by atoms with Crippen molar-refractivity contribution in [2.24, 2.45) is 0 Å². The van der Waals surface area contributed by atoms with E-state index >= 15 is 0 Å². The van der Waals surface area contributed by atoms with Crippen LogP contribution in [-0.2, 0) is 12.2 Å². The van der Waals surface area contributed by atoms with Crippen LogP contribution in [0.5, 0.6) is 0 Å². The van der Waals surface area contributed by atoms with Crippen LogP contribution < -0.4 is 5.32 Å². The van der Waals surface area contributed by atoms with Crippen LogP contribution in [0.15, 0.2) is 78.2 Å². The van der Waals surface area contributed by atoms with E-state index in [-0.39, 0.29) is 11.9 Å². The minimum Gasteiger partial charge on any atom is -0.348 e. The summed E-state index contributed by atoms with van der Waals surface area (Å²) in [6.45, 7) is 2.00. The molecule has 33 heavy (non-hydrogen) atoms. The maximum atomic E-state index is 13.1. The number of hydrogen-bond donors (Lipinski definition) is 1. The number of aryl methyl sites for hydroxylation is 1. The van der Waals surface area contributed by atoms with Crippen molar-refractivity contribution >= 4 is 29.3 Å². The van der Waals surface area contributed by atoms with E-state index in [0.29, 0.717) is 27.3 Å². The quantitative estimate of drug-likeness (QED) is 0.276. The van der Waals surface area contributed by atoms with E-state index in [2.05, 4.69) is 37.7 Å². The predicted molar refractivity (Wildman–Crippen MR) is 130 cm³/mol. The molecule has 7 nitrogen and oxygen atoms in total. The predicted octanol–water partition coefficient (Wildman–Crippen LogP) is 4.75. The summed E-state index contributed by atoms with van der Waals surface area (Å²) in [5, 5.41) is 12.8. The van der Waals surface area contributed by atoms with Crippen molar-refractivity contribution in [3.63, 3.8) is 0 Å². The van der Waals surface area contributed by atoms with E-state index in [1.54, 1.807) is 35.3 Å². The van der Waals surface area contributed by atoms with Gasteiger partial charge in [0.15, 0.2) is 10.9 Å². The minimum atomic E-state index is -0.250. The number of amides is 1. The summed E-state index contributed by atoms with van der Waals surface area (Å²) in [5.41, 5.74) is 2.97. The van der Waals surface area contributed by atoms with Gasteiger partial charge in [0.25, 0.3) is 5.91 Å². The molecule has 4 rings (SSSR count). The Hall–Kier alpha value is -3.23. The third-order valence-electron chi connectivity index (χ3n) is 5.02. The Morgan fingerprint density at radius 2 is 1.79 bits per heavy atom. The summed E-state index contributed by atoms with van der Waals surface area (Å²) in [7, 11) is 0. The van der Waals surface area contributed by atoms with Gasteiger partial charge in [-0.2, -0.15) is 0 Å². The maximum Gasteiger partial charge on any atom is 0.274 e. The molecule has 1 amide bonds. The number of benzene rings is 2. The molecular formula is C24H23ClN6OS. The van der Waals surface area contributed by atoms with Crippen LogP contribution in [-0.4, -0.2) is 36.9 Å². The van der Waals surface area contributed by atoms with Gasteiger partial charge in [-0.05, 0) is 55.7 Å². The van der Waals surface area contributed by atoms with Crippen LogP contribution >= 0.6 is 23.4 Å². The number of hydrogen-bond acceptors (Lipinski definition) is 6. The molecule has 4 aromatic rings. The first kappa shape index (κ1) is 22.9. The molecule has 2 aromatic heterocycles. The molecule has 0 spiro atoms. The molecular weight excluding hydrogens is 456 g/mol. The Bertz CT molecular complexity index is 1180. The highest BCUT2D eigenvalue weighted by Gasteiger charge is 2.22. The van der Waals surface area contributed by atoms with Crippen LogP contribution in [0.1, 0.15) is 35.1 Å². The Morgan fingerprint density at radius 1 is 1.06 bits per heavy atom. The van der Waals surface area contributed by atoms with Crippen molar-refractivity contribution in [3.05, 3.63) is 95.0 Å². The standard InChI is InChI=1S/C24H23ClN6OS/c1-17(8-9-18-6-3-2-4-7-18)28-23(32)22-21(16-33-24-26-14-5-15-27-24)31(30-29-22)20-12-10-19(25)11-13-20/h2-7,10-15,17H,8-9,16H2,1H3,(H,28,32). The highest BCUT2D eigenvalue weighted by molar-refractivity contribution is 7.98. The van der Waals surface area contributed by atoms with Gasteiger partial charge in [0.05, 0.1) is 11.4 Å². The zero-order valence-electron chi connectivity index (χ0n) is 18.1. The van der Waals surface area contributed by atoms with Crippen molar-refractivity contribution in [2.75, 3.05) is 0 Å². The number of halogens is 1. The number of nitrogens with one attached hydrogen (secondary N) is 1. The molecule has 0 saturated carbocycles. The van der Waals surface area contributed by atoms with E-state index in [1.165, 1.54) is 17.3 Å².